The number of nitrogens with one attached hydrogen (secondary N) is 1. The Morgan fingerprint density at radius 2 is 1.65 bits per heavy atom. The topological polar surface area (TPSA) is 50.1 Å². The van der Waals surface area contributed by atoms with Crippen molar-refractivity contribution >= 4 is 0 Å². The van der Waals surface area contributed by atoms with E-state index in [0.29, 0.717) is 13.1 Å². The summed E-state index contributed by atoms with van der Waals surface area (Å²) in [6, 6.07) is 21.7. The summed E-state index contributed by atoms with van der Waals surface area (Å²) < 4.78 is 1.85. The highest BCUT2D eigenvalue weighted by molar-refractivity contribution is 5.30. The maximum absolute atomic E-state index is 10.6. The third kappa shape index (κ3) is 3.86. The van der Waals surface area contributed by atoms with Crippen molar-refractivity contribution in [1.29, 1.82) is 0 Å². The molecule has 1 unspecified atom stereocenters. The average Bonchev–Trinajstić information content (AvgIpc) is 3.05. The number of hydrogen-bond acceptors (Lipinski definition) is 3. The molecule has 4 heteroatoms. The number of rotatable bonds is 6. The van der Waals surface area contributed by atoms with Crippen molar-refractivity contribution in [2.24, 2.45) is 0 Å². The second kappa shape index (κ2) is 6.77. The van der Waals surface area contributed by atoms with Crippen LogP contribution in [0.15, 0.2) is 72.9 Å². The van der Waals surface area contributed by atoms with Gasteiger partial charge in [-0.15, -0.1) is 0 Å². The first-order valence-corrected chi connectivity index (χ1v) is 7.74. The Morgan fingerprint density at radius 3 is 2.35 bits per heavy atom. The summed E-state index contributed by atoms with van der Waals surface area (Å²) in [7, 11) is 0. The lowest BCUT2D eigenvalue weighted by Gasteiger charge is -2.24. The van der Waals surface area contributed by atoms with Crippen LogP contribution >= 0.6 is 0 Å². The van der Waals surface area contributed by atoms with E-state index in [-0.39, 0.29) is 0 Å². The summed E-state index contributed by atoms with van der Waals surface area (Å²) in [4.78, 5) is 0. The van der Waals surface area contributed by atoms with Gasteiger partial charge in [0.15, 0.2) is 0 Å². The number of aromatic nitrogens is 2. The minimum Gasteiger partial charge on any atom is -0.384 e. The smallest absolute Gasteiger partial charge is 0.0992 e. The normalized spacial score (nSPS) is 13.7. The summed E-state index contributed by atoms with van der Waals surface area (Å²) in [6.07, 6.45) is 1.95. The first-order valence-electron chi connectivity index (χ1n) is 7.74. The van der Waals surface area contributed by atoms with E-state index >= 15 is 0 Å². The highest BCUT2D eigenvalue weighted by Crippen LogP contribution is 2.19. The molecule has 1 aromatic heterocycles. The monoisotopic (exact) mass is 307 g/mol. The molecule has 0 saturated carbocycles. The predicted octanol–water partition coefficient (Wildman–Crippen LogP) is 2.87. The van der Waals surface area contributed by atoms with Gasteiger partial charge in [0.05, 0.1) is 17.0 Å². The minimum atomic E-state index is -0.900. The third-order valence-corrected chi connectivity index (χ3v) is 3.84. The van der Waals surface area contributed by atoms with E-state index in [0.717, 1.165) is 16.9 Å². The number of hydrogen-bond donors (Lipinski definition) is 2. The van der Waals surface area contributed by atoms with Crippen LogP contribution in [0.4, 0.5) is 0 Å². The van der Waals surface area contributed by atoms with Crippen LogP contribution in [0.5, 0.6) is 0 Å². The van der Waals surface area contributed by atoms with Crippen LogP contribution in [0, 0.1) is 0 Å². The molecule has 23 heavy (non-hydrogen) atoms. The zero-order valence-corrected chi connectivity index (χ0v) is 13.2. The van der Waals surface area contributed by atoms with Gasteiger partial charge in [-0.05, 0) is 30.7 Å². The molecule has 3 aromatic rings. The largest absolute Gasteiger partial charge is 0.384 e. The van der Waals surface area contributed by atoms with Gasteiger partial charge in [0.25, 0.3) is 0 Å². The molecule has 118 valence electrons. The Hall–Kier alpha value is -2.43. The first-order chi connectivity index (χ1) is 11.1. The molecule has 0 spiro atoms. The fourth-order valence-electron chi connectivity index (χ4n) is 2.51. The van der Waals surface area contributed by atoms with Gasteiger partial charge in [0, 0.05) is 19.3 Å². The SMILES string of the molecule is CC(O)(CNCc1ccn(-c2ccccc2)n1)c1ccccc1. The highest BCUT2D eigenvalue weighted by Gasteiger charge is 2.22. The lowest BCUT2D eigenvalue weighted by Crippen LogP contribution is -2.35. The van der Waals surface area contributed by atoms with Gasteiger partial charge in [-0.2, -0.15) is 5.10 Å². The van der Waals surface area contributed by atoms with Crippen LogP contribution in [0.2, 0.25) is 0 Å². The first kappa shape index (κ1) is 15.5. The Morgan fingerprint density at radius 1 is 1.00 bits per heavy atom. The van der Waals surface area contributed by atoms with E-state index < -0.39 is 5.60 Å². The van der Waals surface area contributed by atoms with Crippen molar-refractivity contribution in [2.45, 2.75) is 19.1 Å². The van der Waals surface area contributed by atoms with Crippen molar-refractivity contribution in [3.8, 4) is 5.69 Å². The Labute approximate surface area is 136 Å². The molecule has 2 N–H and O–H groups in total. The predicted molar refractivity (Wildman–Crippen MR) is 91.3 cm³/mol. The van der Waals surface area contributed by atoms with Crippen molar-refractivity contribution in [2.75, 3.05) is 6.54 Å². The number of aliphatic hydroxyl groups is 1. The molecule has 2 aromatic carbocycles. The summed E-state index contributed by atoms with van der Waals surface area (Å²) in [5.74, 6) is 0. The van der Waals surface area contributed by atoms with E-state index in [2.05, 4.69) is 10.4 Å². The second-order valence-electron chi connectivity index (χ2n) is 5.83. The molecule has 0 aliphatic heterocycles. The van der Waals surface area contributed by atoms with Crippen LogP contribution in [0.3, 0.4) is 0 Å². The third-order valence-electron chi connectivity index (χ3n) is 3.84. The molecule has 0 amide bonds. The summed E-state index contributed by atoms with van der Waals surface area (Å²) in [5, 5.41) is 18.4. The lowest BCUT2D eigenvalue weighted by molar-refractivity contribution is 0.0566. The fourth-order valence-corrected chi connectivity index (χ4v) is 2.51. The molecule has 0 fully saturated rings. The summed E-state index contributed by atoms with van der Waals surface area (Å²) >= 11 is 0. The summed E-state index contributed by atoms with van der Waals surface area (Å²) in [6.45, 7) is 2.90. The van der Waals surface area contributed by atoms with Gasteiger partial charge < -0.3 is 10.4 Å². The van der Waals surface area contributed by atoms with E-state index in [1.807, 2.05) is 84.5 Å². The van der Waals surface area contributed by atoms with Crippen LogP contribution in [-0.4, -0.2) is 21.4 Å². The minimum absolute atomic E-state index is 0.467. The molecule has 0 radical (unpaired) electrons. The van der Waals surface area contributed by atoms with Crippen molar-refractivity contribution in [3.05, 3.63) is 84.2 Å². The van der Waals surface area contributed by atoms with E-state index in [1.165, 1.54) is 0 Å². The van der Waals surface area contributed by atoms with Crippen LogP contribution in [0.25, 0.3) is 5.69 Å². The van der Waals surface area contributed by atoms with Gasteiger partial charge in [-0.1, -0.05) is 48.5 Å². The molecule has 4 nitrogen and oxygen atoms in total. The van der Waals surface area contributed by atoms with Gasteiger partial charge in [-0.3, -0.25) is 0 Å². The Balaban J connectivity index is 1.58. The van der Waals surface area contributed by atoms with Gasteiger partial charge in [-0.25, -0.2) is 4.68 Å². The lowest BCUT2D eigenvalue weighted by atomic mass is 9.96. The van der Waals surface area contributed by atoms with E-state index in [4.69, 9.17) is 0 Å². The maximum Gasteiger partial charge on any atom is 0.0992 e. The molecular weight excluding hydrogens is 286 g/mol. The van der Waals surface area contributed by atoms with Crippen molar-refractivity contribution < 1.29 is 5.11 Å². The van der Waals surface area contributed by atoms with E-state index in [1.54, 1.807) is 0 Å². The molecule has 0 aliphatic carbocycles. The standard InChI is InChI=1S/C19H21N3O/c1-19(23,16-8-4-2-5-9-16)15-20-14-17-12-13-22(21-17)18-10-6-3-7-11-18/h2-13,20,23H,14-15H2,1H3. The maximum atomic E-state index is 10.6. The highest BCUT2D eigenvalue weighted by atomic mass is 16.3. The molecule has 3 rings (SSSR count). The quantitative estimate of drug-likeness (QED) is 0.736. The van der Waals surface area contributed by atoms with Crippen LogP contribution in [-0.2, 0) is 12.1 Å². The molecular formula is C19H21N3O. The van der Waals surface area contributed by atoms with E-state index in [9.17, 15) is 5.11 Å². The molecule has 0 aliphatic rings. The van der Waals surface area contributed by atoms with Crippen LogP contribution < -0.4 is 5.32 Å². The number of para-hydroxylation sites is 1. The van der Waals surface area contributed by atoms with Crippen molar-refractivity contribution in [1.82, 2.24) is 15.1 Å². The number of benzene rings is 2. The second-order valence-corrected chi connectivity index (χ2v) is 5.83. The average molecular weight is 307 g/mol. The molecule has 0 bridgehead atoms. The molecule has 1 heterocycles. The zero-order chi connectivity index (χ0) is 16.1. The Bertz CT molecular complexity index is 736. The van der Waals surface area contributed by atoms with Gasteiger partial charge >= 0.3 is 0 Å². The fraction of sp³-hybridized carbons (Fsp3) is 0.211. The van der Waals surface area contributed by atoms with Gasteiger partial charge in [0.1, 0.15) is 0 Å². The number of nitrogens with zero attached hydrogens (tertiary/aromatic N) is 2. The molecule has 0 saturated heterocycles. The van der Waals surface area contributed by atoms with Crippen molar-refractivity contribution in [3.63, 3.8) is 0 Å². The molecule has 1 atom stereocenters. The van der Waals surface area contributed by atoms with Gasteiger partial charge in [0.2, 0.25) is 0 Å². The zero-order valence-electron chi connectivity index (χ0n) is 13.2. The van der Waals surface area contributed by atoms with Crippen LogP contribution in [0.1, 0.15) is 18.2 Å². The Kier molecular flexibility index (Phi) is 4.55. The summed E-state index contributed by atoms with van der Waals surface area (Å²) in [5.41, 5.74) is 1.98.